The van der Waals surface area contributed by atoms with Gasteiger partial charge >= 0.3 is 0 Å². The van der Waals surface area contributed by atoms with Crippen LogP contribution in [0.3, 0.4) is 0 Å². The first-order valence-corrected chi connectivity index (χ1v) is 5.63. The average molecular weight is 247 g/mol. The van der Waals surface area contributed by atoms with Crippen molar-refractivity contribution in [2.24, 2.45) is 0 Å². The number of hydrogen-bond acceptors (Lipinski definition) is 2. The van der Waals surface area contributed by atoms with Gasteiger partial charge in [0.05, 0.1) is 0 Å². The van der Waals surface area contributed by atoms with E-state index in [1.165, 1.54) is 6.92 Å². The maximum Gasteiger partial charge on any atom is 0.221 e. The largest absolute Gasteiger partial charge is 0.335 e. The van der Waals surface area contributed by atoms with Crippen LogP contribution in [0.25, 0.3) is 5.69 Å². The van der Waals surface area contributed by atoms with Crippen molar-refractivity contribution in [1.29, 1.82) is 0 Å². The Morgan fingerprint density at radius 1 is 1.35 bits per heavy atom. The molecule has 0 aliphatic carbocycles. The molecule has 2 N–H and O–H groups in total. The first kappa shape index (κ1) is 11.6. The molecule has 1 amide bonds. The first-order chi connectivity index (χ1) is 8.06. The van der Waals surface area contributed by atoms with E-state index < -0.39 is 0 Å². The Hall–Kier alpha value is -1.88. The van der Waals surface area contributed by atoms with Gasteiger partial charge in [0.15, 0.2) is 4.77 Å². The predicted octanol–water partition coefficient (Wildman–Crippen LogP) is 2.80. The van der Waals surface area contributed by atoms with Crippen molar-refractivity contribution in [3.05, 3.63) is 40.9 Å². The summed E-state index contributed by atoms with van der Waals surface area (Å²) in [6, 6.07) is 7.52. The number of H-pyrrole nitrogens is 1. The van der Waals surface area contributed by atoms with Crippen molar-refractivity contribution in [2.75, 3.05) is 5.32 Å². The number of nitrogens with zero attached hydrogens (tertiary/aromatic N) is 1. The van der Waals surface area contributed by atoms with Gasteiger partial charge in [-0.1, -0.05) is 0 Å². The highest BCUT2D eigenvalue weighted by molar-refractivity contribution is 7.71. The quantitative estimate of drug-likeness (QED) is 0.802. The third-order valence-electron chi connectivity index (χ3n) is 2.31. The van der Waals surface area contributed by atoms with Crippen LogP contribution in [0.15, 0.2) is 30.5 Å². The normalized spacial score (nSPS) is 10.2. The molecule has 17 heavy (non-hydrogen) atoms. The zero-order chi connectivity index (χ0) is 12.4. The maximum atomic E-state index is 10.9. The number of nitrogens with one attached hydrogen (secondary N) is 2. The molecule has 0 aliphatic rings. The van der Waals surface area contributed by atoms with Crippen molar-refractivity contribution in [3.63, 3.8) is 0 Å². The van der Waals surface area contributed by atoms with E-state index in [1.54, 1.807) is 0 Å². The van der Waals surface area contributed by atoms with Gasteiger partial charge in [-0.3, -0.25) is 9.36 Å². The number of aryl methyl sites for hydroxylation is 1. The van der Waals surface area contributed by atoms with E-state index in [4.69, 9.17) is 12.2 Å². The minimum absolute atomic E-state index is 0.0770. The fraction of sp³-hybridized carbons (Fsp3) is 0.167. The van der Waals surface area contributed by atoms with Crippen LogP contribution < -0.4 is 5.32 Å². The highest BCUT2D eigenvalue weighted by Crippen LogP contribution is 2.14. The molecule has 0 fully saturated rings. The average Bonchev–Trinajstić information content (AvgIpc) is 2.58. The monoisotopic (exact) mass is 247 g/mol. The lowest BCUT2D eigenvalue weighted by Gasteiger charge is -2.05. The Bertz CT molecular complexity index is 595. The molecule has 0 saturated heterocycles. The molecule has 1 heterocycles. The fourth-order valence-electron chi connectivity index (χ4n) is 1.61. The van der Waals surface area contributed by atoms with E-state index >= 15 is 0 Å². The van der Waals surface area contributed by atoms with Crippen LogP contribution in [-0.2, 0) is 4.79 Å². The summed E-state index contributed by atoms with van der Waals surface area (Å²) in [5, 5.41) is 2.72. The van der Waals surface area contributed by atoms with Gasteiger partial charge in [-0.15, -0.1) is 0 Å². The Morgan fingerprint density at radius 2 is 2.00 bits per heavy atom. The van der Waals surface area contributed by atoms with Crippen LogP contribution in [-0.4, -0.2) is 15.5 Å². The van der Waals surface area contributed by atoms with Gasteiger partial charge in [-0.2, -0.15) is 0 Å². The van der Waals surface area contributed by atoms with E-state index in [2.05, 4.69) is 10.3 Å². The molecule has 2 rings (SSSR count). The zero-order valence-electron chi connectivity index (χ0n) is 9.65. The molecule has 4 nitrogen and oxygen atoms in total. The number of imidazole rings is 1. The molecule has 0 unspecified atom stereocenters. The number of carbonyl (C=O) groups is 1. The highest BCUT2D eigenvalue weighted by atomic mass is 32.1. The topological polar surface area (TPSA) is 49.8 Å². The van der Waals surface area contributed by atoms with Crippen LogP contribution in [0.5, 0.6) is 0 Å². The minimum Gasteiger partial charge on any atom is -0.335 e. The third-order valence-corrected chi connectivity index (χ3v) is 2.61. The molecule has 5 heteroatoms. The van der Waals surface area contributed by atoms with Crippen LogP contribution in [0.2, 0.25) is 0 Å². The number of aromatic amines is 1. The Labute approximate surface area is 104 Å². The predicted molar refractivity (Wildman–Crippen MR) is 70.0 cm³/mol. The lowest BCUT2D eigenvalue weighted by Crippen LogP contribution is -2.05. The van der Waals surface area contributed by atoms with Crippen LogP contribution >= 0.6 is 12.2 Å². The van der Waals surface area contributed by atoms with E-state index in [0.29, 0.717) is 4.77 Å². The molecular weight excluding hydrogens is 234 g/mol. The highest BCUT2D eigenvalue weighted by Gasteiger charge is 2.00. The minimum atomic E-state index is -0.0770. The fourth-order valence-corrected chi connectivity index (χ4v) is 1.93. The molecule has 0 atom stereocenters. The number of rotatable bonds is 2. The molecule has 1 aromatic carbocycles. The van der Waals surface area contributed by atoms with Crippen LogP contribution in [0.4, 0.5) is 5.69 Å². The SMILES string of the molecule is CC(=O)Nc1ccc(-n2cc(C)[nH]c2=S)cc1. The van der Waals surface area contributed by atoms with Gasteiger partial charge in [0, 0.05) is 30.2 Å². The summed E-state index contributed by atoms with van der Waals surface area (Å²) in [6.07, 6.45) is 1.94. The van der Waals surface area contributed by atoms with Crippen molar-refractivity contribution in [1.82, 2.24) is 9.55 Å². The summed E-state index contributed by atoms with van der Waals surface area (Å²) in [7, 11) is 0. The number of anilines is 1. The molecular formula is C12H13N3OS. The van der Waals surface area contributed by atoms with Gasteiger partial charge in [0.25, 0.3) is 0 Å². The van der Waals surface area contributed by atoms with Crippen molar-refractivity contribution in [3.8, 4) is 5.69 Å². The Kier molecular flexibility index (Phi) is 3.10. The number of carbonyl (C=O) groups excluding carboxylic acids is 1. The van der Waals surface area contributed by atoms with Crippen molar-refractivity contribution < 1.29 is 4.79 Å². The molecule has 1 aromatic heterocycles. The van der Waals surface area contributed by atoms with Crippen LogP contribution in [0, 0.1) is 11.7 Å². The number of amides is 1. The maximum absolute atomic E-state index is 10.9. The first-order valence-electron chi connectivity index (χ1n) is 5.22. The molecule has 0 radical (unpaired) electrons. The number of hydrogen-bond donors (Lipinski definition) is 2. The lowest BCUT2D eigenvalue weighted by atomic mass is 10.3. The Balaban J connectivity index is 2.32. The second kappa shape index (κ2) is 4.55. The van der Waals surface area contributed by atoms with Gasteiger partial charge in [0.2, 0.25) is 5.91 Å². The van der Waals surface area contributed by atoms with E-state index in [-0.39, 0.29) is 5.91 Å². The summed E-state index contributed by atoms with van der Waals surface area (Å²) >= 11 is 5.20. The molecule has 88 valence electrons. The smallest absolute Gasteiger partial charge is 0.221 e. The zero-order valence-corrected chi connectivity index (χ0v) is 10.5. The van der Waals surface area contributed by atoms with Crippen molar-refractivity contribution >= 4 is 23.8 Å². The summed E-state index contributed by atoms with van der Waals surface area (Å²) in [6.45, 7) is 3.44. The molecule has 0 spiro atoms. The molecule has 0 bridgehead atoms. The Morgan fingerprint density at radius 3 is 2.47 bits per heavy atom. The van der Waals surface area contributed by atoms with Gasteiger partial charge in [-0.05, 0) is 43.4 Å². The van der Waals surface area contributed by atoms with Gasteiger partial charge in [-0.25, -0.2) is 0 Å². The standard InChI is InChI=1S/C12H13N3OS/c1-8-7-15(12(17)13-8)11-5-3-10(4-6-11)14-9(2)16/h3-7H,1-2H3,(H,13,17)(H,14,16). The number of benzene rings is 1. The van der Waals surface area contributed by atoms with Gasteiger partial charge < -0.3 is 10.3 Å². The second-order valence-corrected chi connectivity index (χ2v) is 4.23. The molecule has 2 aromatic rings. The summed E-state index contributed by atoms with van der Waals surface area (Å²) in [4.78, 5) is 13.9. The van der Waals surface area contributed by atoms with E-state index in [1.807, 2.05) is 42.0 Å². The second-order valence-electron chi connectivity index (χ2n) is 3.84. The number of aromatic nitrogens is 2. The van der Waals surface area contributed by atoms with Crippen LogP contribution in [0.1, 0.15) is 12.6 Å². The van der Waals surface area contributed by atoms with E-state index in [0.717, 1.165) is 17.1 Å². The third kappa shape index (κ3) is 2.62. The lowest BCUT2D eigenvalue weighted by molar-refractivity contribution is -0.114. The van der Waals surface area contributed by atoms with E-state index in [9.17, 15) is 4.79 Å². The summed E-state index contributed by atoms with van der Waals surface area (Å²) in [5.41, 5.74) is 2.76. The van der Waals surface area contributed by atoms with Gasteiger partial charge in [0.1, 0.15) is 0 Å². The summed E-state index contributed by atoms with van der Waals surface area (Å²) < 4.78 is 2.55. The molecule has 0 aliphatic heterocycles. The van der Waals surface area contributed by atoms with Crippen molar-refractivity contribution in [2.45, 2.75) is 13.8 Å². The summed E-state index contributed by atoms with van der Waals surface area (Å²) in [5.74, 6) is -0.0770. The molecule has 0 saturated carbocycles.